The Labute approximate surface area is 123 Å². The molecule has 4 heteroatoms. The molecule has 0 saturated heterocycles. The molecule has 0 unspecified atom stereocenters. The molecule has 2 aromatic carbocycles. The number of allylic oxidation sites excluding steroid dienone is 1. The van der Waals surface area contributed by atoms with Gasteiger partial charge in [0.05, 0.1) is 12.7 Å². The third-order valence-electron chi connectivity index (χ3n) is 3.12. The monoisotopic (exact) mass is 283 g/mol. The molecule has 0 spiro atoms. The Balaban J connectivity index is 2.13. The first-order valence-electron chi connectivity index (χ1n) is 6.52. The summed E-state index contributed by atoms with van der Waals surface area (Å²) in [6.45, 7) is 0. The van der Waals surface area contributed by atoms with Crippen LogP contribution in [0, 0.1) is 0 Å². The highest BCUT2D eigenvalue weighted by atomic mass is 16.5. The first-order chi connectivity index (χ1) is 10.1. The average Bonchev–Trinajstić information content (AvgIpc) is 2.48. The first kappa shape index (κ1) is 14.7. The molecular formula is C17H17NO3. The number of hydrogen-bond donors (Lipinski definition) is 2. The van der Waals surface area contributed by atoms with Gasteiger partial charge in [-0.25, -0.2) is 4.79 Å². The Morgan fingerprint density at radius 1 is 1.24 bits per heavy atom. The topological polar surface area (TPSA) is 72.5 Å². The van der Waals surface area contributed by atoms with Gasteiger partial charge < -0.3 is 15.6 Å². The highest BCUT2D eigenvalue weighted by Gasteiger charge is 2.08. The van der Waals surface area contributed by atoms with E-state index in [1.807, 2.05) is 36.4 Å². The molecular weight excluding hydrogens is 266 g/mol. The average molecular weight is 283 g/mol. The van der Waals surface area contributed by atoms with E-state index in [-0.39, 0.29) is 5.56 Å². The maximum Gasteiger partial charge on any atom is 0.335 e. The number of methoxy groups -OCH3 is 1. The van der Waals surface area contributed by atoms with Crippen molar-refractivity contribution in [3.63, 3.8) is 0 Å². The normalized spacial score (nSPS) is 10.7. The summed E-state index contributed by atoms with van der Waals surface area (Å²) in [5.41, 5.74) is 8.28. The Morgan fingerprint density at radius 3 is 2.57 bits per heavy atom. The summed E-state index contributed by atoms with van der Waals surface area (Å²) in [6, 6.07) is 12.5. The van der Waals surface area contributed by atoms with E-state index >= 15 is 0 Å². The van der Waals surface area contributed by atoms with Gasteiger partial charge >= 0.3 is 5.97 Å². The van der Waals surface area contributed by atoms with Gasteiger partial charge in [-0.05, 0) is 47.9 Å². The number of rotatable bonds is 5. The number of benzene rings is 2. The fourth-order valence-electron chi connectivity index (χ4n) is 2.03. The lowest BCUT2D eigenvalue weighted by Gasteiger charge is -2.04. The Hall–Kier alpha value is -2.75. The van der Waals surface area contributed by atoms with Gasteiger partial charge in [-0.3, -0.25) is 0 Å². The minimum atomic E-state index is -0.942. The molecule has 0 saturated carbocycles. The summed E-state index contributed by atoms with van der Waals surface area (Å²) in [5.74, 6) is -0.140. The smallest absolute Gasteiger partial charge is 0.335 e. The summed E-state index contributed by atoms with van der Waals surface area (Å²) in [4.78, 5) is 11.2. The van der Waals surface area contributed by atoms with Gasteiger partial charge in [-0.2, -0.15) is 0 Å². The van der Waals surface area contributed by atoms with Crippen molar-refractivity contribution in [2.45, 2.75) is 6.42 Å². The van der Waals surface area contributed by atoms with Crippen LogP contribution >= 0.6 is 0 Å². The maximum absolute atomic E-state index is 11.2. The van der Waals surface area contributed by atoms with Crippen LogP contribution in [0.15, 0.2) is 48.5 Å². The molecule has 0 heterocycles. The number of anilines is 1. The predicted octanol–water partition coefficient (Wildman–Crippen LogP) is 3.23. The number of nitrogens with two attached hydrogens (primary N) is 1. The molecule has 4 nitrogen and oxygen atoms in total. The lowest BCUT2D eigenvalue weighted by atomic mass is 10.0. The van der Waals surface area contributed by atoms with E-state index in [2.05, 4.69) is 0 Å². The van der Waals surface area contributed by atoms with Crippen molar-refractivity contribution >= 4 is 17.7 Å². The molecule has 108 valence electrons. The van der Waals surface area contributed by atoms with Gasteiger partial charge in [0.1, 0.15) is 5.75 Å². The van der Waals surface area contributed by atoms with Crippen LogP contribution in [0.3, 0.4) is 0 Å². The van der Waals surface area contributed by atoms with Crippen molar-refractivity contribution in [3.05, 3.63) is 65.2 Å². The van der Waals surface area contributed by atoms with Crippen molar-refractivity contribution in [1.82, 2.24) is 0 Å². The van der Waals surface area contributed by atoms with Crippen LogP contribution in [-0.4, -0.2) is 18.2 Å². The molecule has 0 aliphatic heterocycles. The Bertz CT molecular complexity index is 660. The molecule has 2 rings (SSSR count). The number of nitrogen functional groups attached to an aromatic ring is 1. The van der Waals surface area contributed by atoms with Gasteiger partial charge in [0, 0.05) is 5.69 Å². The SMILES string of the molecule is COc1ccc(/C=C/Cc2cc(N)ccc2C(=O)O)cc1. The predicted molar refractivity (Wildman–Crippen MR) is 83.5 cm³/mol. The zero-order chi connectivity index (χ0) is 15.2. The van der Waals surface area contributed by atoms with E-state index < -0.39 is 5.97 Å². The van der Waals surface area contributed by atoms with Crippen LogP contribution in [0.4, 0.5) is 5.69 Å². The number of carbonyl (C=O) groups is 1. The second-order valence-corrected chi connectivity index (χ2v) is 4.60. The maximum atomic E-state index is 11.2. The summed E-state index contributed by atoms with van der Waals surface area (Å²) in [5, 5.41) is 9.15. The standard InChI is InChI=1S/C17H17NO3/c1-21-15-8-5-12(6-9-15)3-2-4-13-11-14(18)7-10-16(13)17(19)20/h2-3,5-11H,4,18H2,1H3,(H,19,20)/b3-2+. The number of aromatic carboxylic acids is 1. The number of carboxylic acid groups (broad SMARTS) is 1. The van der Waals surface area contributed by atoms with Crippen LogP contribution in [0.2, 0.25) is 0 Å². The van der Waals surface area contributed by atoms with Gasteiger partial charge in [0.2, 0.25) is 0 Å². The molecule has 21 heavy (non-hydrogen) atoms. The van der Waals surface area contributed by atoms with Crippen molar-refractivity contribution in [2.24, 2.45) is 0 Å². The summed E-state index contributed by atoms with van der Waals surface area (Å²) < 4.78 is 5.09. The highest BCUT2D eigenvalue weighted by molar-refractivity contribution is 5.90. The third kappa shape index (κ3) is 3.86. The minimum Gasteiger partial charge on any atom is -0.497 e. The second kappa shape index (κ2) is 6.61. The second-order valence-electron chi connectivity index (χ2n) is 4.60. The van der Waals surface area contributed by atoms with Gasteiger partial charge in [0.15, 0.2) is 0 Å². The van der Waals surface area contributed by atoms with Crippen LogP contribution in [0.5, 0.6) is 5.75 Å². The number of carboxylic acids is 1. The van der Waals surface area contributed by atoms with Gasteiger partial charge in [-0.1, -0.05) is 24.3 Å². The molecule has 0 radical (unpaired) electrons. The zero-order valence-electron chi connectivity index (χ0n) is 11.7. The lowest BCUT2D eigenvalue weighted by Crippen LogP contribution is -2.02. The van der Waals surface area contributed by atoms with Crippen molar-refractivity contribution in [3.8, 4) is 5.75 Å². The van der Waals surface area contributed by atoms with E-state index in [1.54, 1.807) is 19.2 Å². The fraction of sp³-hybridized carbons (Fsp3) is 0.118. The van der Waals surface area contributed by atoms with Crippen LogP contribution in [-0.2, 0) is 6.42 Å². The van der Waals surface area contributed by atoms with Gasteiger partial charge in [-0.15, -0.1) is 0 Å². The largest absolute Gasteiger partial charge is 0.497 e. The number of hydrogen-bond acceptors (Lipinski definition) is 3. The quantitative estimate of drug-likeness (QED) is 0.826. The van der Waals surface area contributed by atoms with E-state index in [0.29, 0.717) is 17.7 Å². The Kier molecular flexibility index (Phi) is 4.61. The number of ether oxygens (including phenoxy) is 1. The third-order valence-corrected chi connectivity index (χ3v) is 3.12. The highest BCUT2D eigenvalue weighted by Crippen LogP contribution is 2.16. The van der Waals surface area contributed by atoms with Gasteiger partial charge in [0.25, 0.3) is 0 Å². The van der Waals surface area contributed by atoms with Crippen LogP contribution in [0.1, 0.15) is 21.5 Å². The summed E-state index contributed by atoms with van der Waals surface area (Å²) in [7, 11) is 1.62. The fourth-order valence-corrected chi connectivity index (χ4v) is 2.03. The van der Waals surface area contributed by atoms with Crippen LogP contribution in [0.25, 0.3) is 6.08 Å². The molecule has 3 N–H and O–H groups in total. The molecule has 0 bridgehead atoms. The molecule has 0 aliphatic carbocycles. The van der Waals surface area contributed by atoms with Crippen molar-refractivity contribution in [2.75, 3.05) is 12.8 Å². The molecule has 0 amide bonds. The molecule has 0 atom stereocenters. The van der Waals surface area contributed by atoms with E-state index in [9.17, 15) is 4.79 Å². The van der Waals surface area contributed by atoms with E-state index in [1.165, 1.54) is 6.07 Å². The molecule has 2 aromatic rings. The first-order valence-corrected chi connectivity index (χ1v) is 6.52. The van der Waals surface area contributed by atoms with Crippen molar-refractivity contribution in [1.29, 1.82) is 0 Å². The Morgan fingerprint density at radius 2 is 1.95 bits per heavy atom. The summed E-state index contributed by atoms with van der Waals surface area (Å²) in [6.07, 6.45) is 4.37. The molecule has 0 fully saturated rings. The summed E-state index contributed by atoms with van der Waals surface area (Å²) >= 11 is 0. The lowest BCUT2D eigenvalue weighted by molar-refractivity contribution is 0.0696. The van der Waals surface area contributed by atoms with E-state index in [0.717, 1.165) is 11.3 Å². The molecule has 0 aliphatic rings. The van der Waals surface area contributed by atoms with E-state index in [4.69, 9.17) is 15.6 Å². The molecule has 0 aromatic heterocycles. The van der Waals surface area contributed by atoms with Crippen molar-refractivity contribution < 1.29 is 14.6 Å². The zero-order valence-corrected chi connectivity index (χ0v) is 11.7. The van der Waals surface area contributed by atoms with Crippen LogP contribution < -0.4 is 10.5 Å². The minimum absolute atomic E-state index is 0.281.